The Balaban J connectivity index is 1.67. The molecule has 2 aromatic rings. The van der Waals surface area contributed by atoms with Crippen LogP contribution in [0.2, 0.25) is 0 Å². The number of pyridine rings is 1. The van der Waals surface area contributed by atoms with E-state index in [-0.39, 0.29) is 0 Å². The van der Waals surface area contributed by atoms with Gasteiger partial charge >= 0.3 is 0 Å². The third-order valence-electron chi connectivity index (χ3n) is 4.02. The number of benzene rings is 1. The molecule has 1 aromatic carbocycles. The van der Waals surface area contributed by atoms with E-state index in [0.717, 1.165) is 34.0 Å². The van der Waals surface area contributed by atoms with Gasteiger partial charge in [0.1, 0.15) is 5.82 Å². The zero-order chi connectivity index (χ0) is 13.5. The molecule has 0 amide bonds. The van der Waals surface area contributed by atoms with Crippen LogP contribution < -0.4 is 14.8 Å². The van der Waals surface area contributed by atoms with E-state index in [1.54, 1.807) is 0 Å². The van der Waals surface area contributed by atoms with Gasteiger partial charge in [-0.2, -0.15) is 0 Å². The molecule has 4 heteroatoms. The Morgan fingerprint density at radius 3 is 2.90 bits per heavy atom. The van der Waals surface area contributed by atoms with Crippen molar-refractivity contribution in [3.8, 4) is 11.5 Å². The average Bonchev–Trinajstić information content (AvgIpc) is 3.12. The fraction of sp³-hybridized carbons (Fsp3) is 0.438. The molecule has 2 heterocycles. The molecule has 0 spiro atoms. The summed E-state index contributed by atoms with van der Waals surface area (Å²) in [7, 11) is 0. The highest BCUT2D eigenvalue weighted by Crippen LogP contribution is 2.38. The summed E-state index contributed by atoms with van der Waals surface area (Å²) in [5, 5.41) is 5.77. The van der Waals surface area contributed by atoms with Gasteiger partial charge in [-0.25, -0.2) is 4.98 Å². The van der Waals surface area contributed by atoms with Crippen molar-refractivity contribution in [2.45, 2.75) is 32.2 Å². The summed E-state index contributed by atoms with van der Waals surface area (Å²) in [4.78, 5) is 4.49. The van der Waals surface area contributed by atoms with E-state index < -0.39 is 0 Å². The minimum Gasteiger partial charge on any atom is -0.454 e. The van der Waals surface area contributed by atoms with Gasteiger partial charge in [-0.05, 0) is 42.8 Å². The summed E-state index contributed by atoms with van der Waals surface area (Å²) in [5.41, 5.74) is 0. The second-order valence-corrected chi connectivity index (χ2v) is 5.81. The molecule has 1 N–H and O–H groups in total. The molecule has 1 aromatic heterocycles. The Bertz CT molecular complexity index is 652. The molecule has 1 unspecified atom stereocenters. The van der Waals surface area contributed by atoms with Crippen molar-refractivity contribution in [1.82, 2.24) is 4.98 Å². The number of ether oxygens (including phenoxy) is 2. The van der Waals surface area contributed by atoms with E-state index in [0.29, 0.717) is 12.8 Å². The van der Waals surface area contributed by atoms with Crippen LogP contribution in [-0.2, 0) is 0 Å². The lowest BCUT2D eigenvalue weighted by Crippen LogP contribution is -2.16. The van der Waals surface area contributed by atoms with Gasteiger partial charge in [0, 0.05) is 17.6 Å². The summed E-state index contributed by atoms with van der Waals surface area (Å²) in [5.74, 6) is 3.48. The number of hydrogen-bond donors (Lipinski definition) is 1. The topological polar surface area (TPSA) is 43.4 Å². The predicted molar refractivity (Wildman–Crippen MR) is 78.3 cm³/mol. The van der Waals surface area contributed by atoms with Crippen LogP contribution in [0.3, 0.4) is 0 Å². The van der Waals surface area contributed by atoms with Gasteiger partial charge < -0.3 is 14.8 Å². The van der Waals surface area contributed by atoms with Gasteiger partial charge in [0.05, 0.1) is 0 Å². The van der Waals surface area contributed by atoms with Crippen molar-refractivity contribution in [1.29, 1.82) is 0 Å². The first-order valence-corrected chi connectivity index (χ1v) is 7.24. The van der Waals surface area contributed by atoms with E-state index in [2.05, 4.69) is 17.2 Å². The lowest BCUT2D eigenvalue weighted by molar-refractivity contribution is 0.174. The van der Waals surface area contributed by atoms with E-state index in [1.807, 2.05) is 24.4 Å². The monoisotopic (exact) mass is 270 g/mol. The van der Waals surface area contributed by atoms with Crippen molar-refractivity contribution < 1.29 is 9.47 Å². The van der Waals surface area contributed by atoms with Crippen molar-refractivity contribution in [2.24, 2.45) is 5.92 Å². The lowest BCUT2D eigenvalue weighted by Gasteiger charge is -2.15. The molecule has 104 valence electrons. The normalized spacial score (nSPS) is 18.2. The fourth-order valence-corrected chi connectivity index (χ4v) is 2.82. The molecule has 1 fully saturated rings. The third kappa shape index (κ3) is 2.15. The maximum atomic E-state index is 5.46. The maximum Gasteiger partial charge on any atom is 0.231 e. The second kappa shape index (κ2) is 4.54. The van der Waals surface area contributed by atoms with E-state index in [4.69, 9.17) is 9.47 Å². The summed E-state index contributed by atoms with van der Waals surface area (Å²) in [6.45, 7) is 2.53. The molecule has 0 bridgehead atoms. The van der Waals surface area contributed by atoms with Gasteiger partial charge in [0.15, 0.2) is 11.5 Å². The second-order valence-electron chi connectivity index (χ2n) is 5.81. The number of nitrogens with one attached hydrogen (secondary N) is 1. The minimum atomic E-state index is 0.305. The summed E-state index contributed by atoms with van der Waals surface area (Å²) in [6, 6.07) is 6.51. The first kappa shape index (κ1) is 11.8. The highest BCUT2D eigenvalue weighted by molar-refractivity contribution is 5.94. The highest BCUT2D eigenvalue weighted by Gasteiger charge is 2.24. The number of nitrogens with zero attached hydrogens (tertiary/aromatic N) is 1. The standard InChI is InChI=1S/C16H18N2O2/c1-10(6-11-2-3-11)18-16-13-8-15-14(19-9-20-15)7-12(13)4-5-17-16/h4-5,7-8,10-11H,2-3,6,9H2,1H3,(H,17,18). The van der Waals surface area contributed by atoms with E-state index in [9.17, 15) is 0 Å². The first-order chi connectivity index (χ1) is 9.79. The zero-order valence-corrected chi connectivity index (χ0v) is 11.6. The minimum absolute atomic E-state index is 0.305. The average molecular weight is 270 g/mol. The Morgan fingerprint density at radius 2 is 2.10 bits per heavy atom. The van der Waals surface area contributed by atoms with Gasteiger partial charge in [-0.3, -0.25) is 0 Å². The van der Waals surface area contributed by atoms with Gasteiger partial charge in [0.25, 0.3) is 0 Å². The van der Waals surface area contributed by atoms with Gasteiger partial charge in [-0.15, -0.1) is 0 Å². The van der Waals surface area contributed by atoms with Crippen LogP contribution in [0.1, 0.15) is 26.2 Å². The molecule has 0 saturated heterocycles. The predicted octanol–water partition coefficient (Wildman–Crippen LogP) is 3.56. The fourth-order valence-electron chi connectivity index (χ4n) is 2.82. The van der Waals surface area contributed by atoms with E-state index >= 15 is 0 Å². The quantitative estimate of drug-likeness (QED) is 0.922. The molecule has 4 nitrogen and oxygen atoms in total. The third-order valence-corrected chi connectivity index (χ3v) is 4.02. The smallest absolute Gasteiger partial charge is 0.231 e. The Morgan fingerprint density at radius 1 is 1.30 bits per heavy atom. The Hall–Kier alpha value is -1.97. The van der Waals surface area contributed by atoms with Crippen molar-refractivity contribution in [3.63, 3.8) is 0 Å². The van der Waals surface area contributed by atoms with Crippen LogP contribution in [0.15, 0.2) is 24.4 Å². The number of aromatic nitrogens is 1. The van der Waals surface area contributed by atoms with Crippen LogP contribution in [0.4, 0.5) is 5.82 Å². The lowest BCUT2D eigenvalue weighted by atomic mass is 10.1. The molecular formula is C16H18N2O2. The van der Waals surface area contributed by atoms with Crippen molar-refractivity contribution >= 4 is 16.6 Å². The molecular weight excluding hydrogens is 252 g/mol. The number of rotatable bonds is 4. The van der Waals surface area contributed by atoms with Crippen LogP contribution >= 0.6 is 0 Å². The van der Waals surface area contributed by atoms with Crippen LogP contribution in [-0.4, -0.2) is 17.8 Å². The van der Waals surface area contributed by atoms with Crippen LogP contribution in [0.5, 0.6) is 11.5 Å². The maximum absolute atomic E-state index is 5.46. The summed E-state index contributed by atoms with van der Waals surface area (Å²) in [6.07, 6.45) is 5.83. The first-order valence-electron chi connectivity index (χ1n) is 7.24. The molecule has 20 heavy (non-hydrogen) atoms. The molecule has 1 saturated carbocycles. The SMILES string of the molecule is CC(CC1CC1)Nc1nccc2cc3c(cc12)OCO3. The molecule has 0 radical (unpaired) electrons. The summed E-state index contributed by atoms with van der Waals surface area (Å²) < 4.78 is 10.9. The molecule has 1 aliphatic carbocycles. The summed E-state index contributed by atoms with van der Waals surface area (Å²) >= 11 is 0. The molecule has 1 aliphatic heterocycles. The van der Waals surface area contributed by atoms with Gasteiger partial charge in [-0.1, -0.05) is 12.8 Å². The van der Waals surface area contributed by atoms with Crippen LogP contribution in [0.25, 0.3) is 10.8 Å². The van der Waals surface area contributed by atoms with Gasteiger partial charge in [0.2, 0.25) is 6.79 Å². The molecule has 4 rings (SSSR count). The van der Waals surface area contributed by atoms with E-state index in [1.165, 1.54) is 19.3 Å². The highest BCUT2D eigenvalue weighted by atomic mass is 16.7. The Kier molecular flexibility index (Phi) is 2.69. The zero-order valence-electron chi connectivity index (χ0n) is 11.6. The van der Waals surface area contributed by atoms with Crippen molar-refractivity contribution in [3.05, 3.63) is 24.4 Å². The largest absolute Gasteiger partial charge is 0.454 e. The molecule has 2 aliphatic rings. The van der Waals surface area contributed by atoms with Crippen LogP contribution in [0, 0.1) is 5.92 Å². The van der Waals surface area contributed by atoms with Crippen molar-refractivity contribution in [2.75, 3.05) is 12.1 Å². The Labute approximate surface area is 118 Å². The number of hydrogen-bond acceptors (Lipinski definition) is 4. The number of fused-ring (bicyclic) bond motifs is 2. The molecule has 1 atom stereocenters. The number of anilines is 1.